The first-order chi connectivity index (χ1) is 10.4. The Morgan fingerprint density at radius 3 is 2.27 bits per heavy atom. The lowest BCUT2D eigenvalue weighted by Gasteiger charge is -2.18. The van der Waals surface area contributed by atoms with Crippen molar-refractivity contribution in [2.24, 2.45) is 0 Å². The van der Waals surface area contributed by atoms with Crippen molar-refractivity contribution in [3.63, 3.8) is 0 Å². The van der Waals surface area contributed by atoms with Crippen molar-refractivity contribution in [2.45, 2.75) is 19.6 Å². The zero-order chi connectivity index (χ0) is 14.5. The van der Waals surface area contributed by atoms with Gasteiger partial charge >= 0.3 is 0 Å². The van der Waals surface area contributed by atoms with Crippen LogP contribution in [0.25, 0.3) is 11.1 Å². The van der Waals surface area contributed by atoms with Crippen LogP contribution in [-0.2, 0) is 0 Å². The number of imidazole rings is 1. The minimum Gasteiger partial charge on any atom is -0.470 e. The van der Waals surface area contributed by atoms with Gasteiger partial charge in [0, 0.05) is 18.8 Å². The van der Waals surface area contributed by atoms with Gasteiger partial charge in [-0.1, -0.05) is 49.4 Å². The van der Waals surface area contributed by atoms with Crippen molar-refractivity contribution in [3.8, 4) is 16.9 Å². The quantitative estimate of drug-likeness (QED) is 0.665. The molecule has 0 spiro atoms. The molecule has 3 aromatic rings. The van der Waals surface area contributed by atoms with E-state index < -0.39 is 0 Å². The Bertz CT molecular complexity index is 666. The summed E-state index contributed by atoms with van der Waals surface area (Å²) in [5, 5.41) is 0. The van der Waals surface area contributed by atoms with Gasteiger partial charge in [-0.15, -0.1) is 12.4 Å². The van der Waals surface area contributed by atoms with E-state index in [1.54, 1.807) is 12.5 Å². The topological polar surface area (TPSA) is 27.1 Å². The van der Waals surface area contributed by atoms with E-state index in [1.165, 1.54) is 11.1 Å². The molecular weight excluding hydrogens is 296 g/mol. The zero-order valence-corrected chi connectivity index (χ0v) is 13.2. The van der Waals surface area contributed by atoms with Gasteiger partial charge in [0.1, 0.15) is 5.75 Å². The molecule has 3 rings (SSSR count). The molecule has 1 heterocycles. The second-order valence-corrected chi connectivity index (χ2v) is 4.88. The Morgan fingerprint density at radius 2 is 1.68 bits per heavy atom. The second-order valence-electron chi connectivity index (χ2n) is 4.88. The van der Waals surface area contributed by atoms with Gasteiger partial charge in [0.05, 0.1) is 6.33 Å². The highest BCUT2D eigenvalue weighted by Crippen LogP contribution is 2.24. The van der Waals surface area contributed by atoms with E-state index in [9.17, 15) is 0 Å². The van der Waals surface area contributed by atoms with E-state index in [1.807, 2.05) is 41.1 Å². The largest absolute Gasteiger partial charge is 0.470 e. The van der Waals surface area contributed by atoms with E-state index in [4.69, 9.17) is 4.74 Å². The van der Waals surface area contributed by atoms with Crippen molar-refractivity contribution in [1.29, 1.82) is 0 Å². The highest BCUT2D eigenvalue weighted by Gasteiger charge is 2.09. The Labute approximate surface area is 137 Å². The van der Waals surface area contributed by atoms with Gasteiger partial charge in [-0.25, -0.2) is 4.98 Å². The molecule has 0 saturated carbocycles. The van der Waals surface area contributed by atoms with Gasteiger partial charge in [0.25, 0.3) is 0 Å². The predicted molar refractivity (Wildman–Crippen MR) is 91.3 cm³/mol. The summed E-state index contributed by atoms with van der Waals surface area (Å²) in [6.45, 7) is 2.10. The maximum atomic E-state index is 6.02. The number of hydrogen-bond acceptors (Lipinski definition) is 2. The molecule has 0 aliphatic rings. The number of rotatable bonds is 5. The van der Waals surface area contributed by atoms with Crippen molar-refractivity contribution in [3.05, 3.63) is 73.3 Å². The molecule has 2 aromatic carbocycles. The third kappa shape index (κ3) is 3.68. The Balaban J connectivity index is 0.00000176. The smallest absolute Gasteiger partial charge is 0.176 e. The molecule has 0 saturated heterocycles. The van der Waals surface area contributed by atoms with Crippen LogP contribution in [0.3, 0.4) is 0 Å². The number of halogens is 1. The standard InChI is InChI=1S/C18H18N2O.ClH/c1-2-18(20-13-12-19-14-20)21-17-10-8-16(9-11-17)15-6-4-3-5-7-15;/h3-14,18H,2H2,1H3;1H. The van der Waals surface area contributed by atoms with Crippen molar-refractivity contribution in [1.82, 2.24) is 9.55 Å². The maximum absolute atomic E-state index is 6.02. The summed E-state index contributed by atoms with van der Waals surface area (Å²) < 4.78 is 8.00. The number of hydrogen-bond donors (Lipinski definition) is 0. The minimum atomic E-state index is -0.0184. The van der Waals surface area contributed by atoms with Crippen LogP contribution in [0.5, 0.6) is 5.75 Å². The fraction of sp³-hybridized carbons (Fsp3) is 0.167. The van der Waals surface area contributed by atoms with Gasteiger partial charge in [0.15, 0.2) is 6.23 Å². The average Bonchev–Trinajstić information content (AvgIpc) is 3.08. The summed E-state index contributed by atoms with van der Waals surface area (Å²) in [5.74, 6) is 0.871. The van der Waals surface area contributed by atoms with Crippen LogP contribution in [0.4, 0.5) is 0 Å². The number of ether oxygens (including phenoxy) is 1. The van der Waals surface area contributed by atoms with Crippen LogP contribution < -0.4 is 4.74 Å². The van der Waals surface area contributed by atoms with Crippen molar-refractivity contribution < 1.29 is 4.74 Å². The summed E-state index contributed by atoms with van der Waals surface area (Å²) in [7, 11) is 0. The van der Waals surface area contributed by atoms with E-state index >= 15 is 0 Å². The van der Waals surface area contributed by atoms with Gasteiger partial charge in [0.2, 0.25) is 0 Å². The summed E-state index contributed by atoms with van der Waals surface area (Å²) in [4.78, 5) is 4.07. The SMILES string of the molecule is CCC(Oc1ccc(-c2ccccc2)cc1)n1ccnc1.Cl. The maximum Gasteiger partial charge on any atom is 0.176 e. The molecule has 0 bridgehead atoms. The first kappa shape index (κ1) is 16.1. The Morgan fingerprint density at radius 1 is 1.00 bits per heavy atom. The minimum absolute atomic E-state index is 0. The van der Waals surface area contributed by atoms with Crippen molar-refractivity contribution >= 4 is 12.4 Å². The summed E-state index contributed by atoms with van der Waals surface area (Å²) in [6, 6.07) is 18.5. The lowest BCUT2D eigenvalue weighted by atomic mass is 10.1. The molecular formula is C18H19ClN2O. The van der Waals surface area contributed by atoms with Crippen LogP contribution in [0.2, 0.25) is 0 Å². The summed E-state index contributed by atoms with van der Waals surface area (Å²) in [6.07, 6.45) is 6.34. The average molecular weight is 315 g/mol. The normalized spacial score (nSPS) is 11.5. The zero-order valence-electron chi connectivity index (χ0n) is 12.4. The van der Waals surface area contributed by atoms with E-state index in [2.05, 4.69) is 36.2 Å². The van der Waals surface area contributed by atoms with Gasteiger partial charge in [-0.3, -0.25) is 0 Å². The molecule has 1 aromatic heterocycles. The molecule has 0 N–H and O–H groups in total. The Hall–Kier alpha value is -2.26. The van der Waals surface area contributed by atoms with E-state index in [-0.39, 0.29) is 18.6 Å². The molecule has 0 fully saturated rings. The fourth-order valence-corrected chi connectivity index (χ4v) is 2.31. The second kappa shape index (κ2) is 7.66. The molecule has 0 amide bonds. The monoisotopic (exact) mass is 314 g/mol. The van der Waals surface area contributed by atoms with Crippen LogP contribution in [0.1, 0.15) is 19.6 Å². The van der Waals surface area contributed by atoms with Gasteiger partial charge in [-0.05, 0) is 23.3 Å². The molecule has 4 heteroatoms. The van der Waals surface area contributed by atoms with Crippen LogP contribution in [0.15, 0.2) is 73.3 Å². The van der Waals surface area contributed by atoms with Crippen LogP contribution in [0, 0.1) is 0 Å². The molecule has 0 aliphatic heterocycles. The van der Waals surface area contributed by atoms with Gasteiger partial charge in [-0.2, -0.15) is 0 Å². The molecule has 114 valence electrons. The summed E-state index contributed by atoms with van der Waals surface area (Å²) >= 11 is 0. The first-order valence-electron chi connectivity index (χ1n) is 7.16. The van der Waals surface area contributed by atoms with Gasteiger partial charge < -0.3 is 9.30 Å². The molecule has 3 nitrogen and oxygen atoms in total. The molecule has 0 radical (unpaired) electrons. The third-order valence-electron chi connectivity index (χ3n) is 3.44. The Kier molecular flexibility index (Phi) is 5.61. The molecule has 22 heavy (non-hydrogen) atoms. The third-order valence-corrected chi connectivity index (χ3v) is 3.44. The number of aromatic nitrogens is 2. The van der Waals surface area contributed by atoms with Crippen LogP contribution >= 0.6 is 12.4 Å². The molecule has 1 unspecified atom stereocenters. The predicted octanol–water partition coefficient (Wildman–Crippen LogP) is 4.96. The number of benzene rings is 2. The highest BCUT2D eigenvalue weighted by atomic mass is 35.5. The van der Waals surface area contributed by atoms with E-state index in [0.29, 0.717) is 0 Å². The lowest BCUT2D eigenvalue weighted by Crippen LogP contribution is -2.13. The first-order valence-corrected chi connectivity index (χ1v) is 7.16. The molecule has 1 atom stereocenters. The summed E-state index contributed by atoms with van der Waals surface area (Å²) in [5.41, 5.74) is 2.41. The number of nitrogens with zero attached hydrogens (tertiary/aromatic N) is 2. The highest BCUT2D eigenvalue weighted by molar-refractivity contribution is 5.85. The van der Waals surface area contributed by atoms with E-state index in [0.717, 1.165) is 12.2 Å². The van der Waals surface area contributed by atoms with Crippen molar-refractivity contribution in [2.75, 3.05) is 0 Å². The van der Waals surface area contributed by atoms with Crippen LogP contribution in [-0.4, -0.2) is 9.55 Å². The fourth-order valence-electron chi connectivity index (χ4n) is 2.31. The lowest BCUT2D eigenvalue weighted by molar-refractivity contribution is 0.127. The molecule has 0 aliphatic carbocycles.